The molecule has 0 aliphatic carbocycles. The van der Waals surface area contributed by atoms with Crippen molar-refractivity contribution in [1.29, 1.82) is 0 Å². The minimum absolute atomic E-state index is 0.00322. The molecule has 1 aromatic carbocycles. The zero-order chi connectivity index (χ0) is 14.5. The van der Waals surface area contributed by atoms with Crippen LogP contribution < -0.4 is 10.6 Å². The minimum atomic E-state index is -0.574. The third-order valence-electron chi connectivity index (χ3n) is 3.31. The van der Waals surface area contributed by atoms with Gasteiger partial charge >= 0.3 is 5.97 Å². The highest BCUT2D eigenvalue weighted by Crippen LogP contribution is 2.19. The number of benzene rings is 1. The standard InChI is InChI=1S/C14H17FN2O3/c1-20-14(19)9-4-5-11(15)12(7-9)17-13(18)10-3-2-6-16-8-10/h4-5,7,10,16H,2-3,6,8H2,1H3,(H,17,18)/t10-/m1/s1. The molecule has 1 amide bonds. The number of anilines is 1. The van der Waals surface area contributed by atoms with E-state index in [0.717, 1.165) is 25.5 Å². The highest BCUT2D eigenvalue weighted by Gasteiger charge is 2.22. The van der Waals surface area contributed by atoms with Crippen LogP contribution in [0.25, 0.3) is 0 Å². The Hall–Kier alpha value is -1.95. The first-order valence-corrected chi connectivity index (χ1v) is 6.51. The number of nitrogens with one attached hydrogen (secondary N) is 2. The van der Waals surface area contributed by atoms with Gasteiger partial charge in [0, 0.05) is 6.54 Å². The predicted octanol–water partition coefficient (Wildman–Crippen LogP) is 1.55. The van der Waals surface area contributed by atoms with Crippen molar-refractivity contribution in [2.75, 3.05) is 25.5 Å². The molecule has 0 radical (unpaired) electrons. The molecule has 1 aromatic rings. The van der Waals surface area contributed by atoms with E-state index in [2.05, 4.69) is 15.4 Å². The minimum Gasteiger partial charge on any atom is -0.465 e. The molecule has 6 heteroatoms. The number of carbonyl (C=O) groups excluding carboxylic acids is 2. The summed E-state index contributed by atoms with van der Waals surface area (Å²) < 4.78 is 18.3. The molecule has 2 N–H and O–H groups in total. The van der Waals surface area contributed by atoms with Gasteiger partial charge in [-0.25, -0.2) is 9.18 Å². The van der Waals surface area contributed by atoms with E-state index in [1.54, 1.807) is 0 Å². The maximum Gasteiger partial charge on any atom is 0.337 e. The lowest BCUT2D eigenvalue weighted by Crippen LogP contribution is -2.37. The van der Waals surface area contributed by atoms with Crippen molar-refractivity contribution in [3.05, 3.63) is 29.6 Å². The van der Waals surface area contributed by atoms with Crippen molar-refractivity contribution < 1.29 is 18.7 Å². The second-order valence-electron chi connectivity index (χ2n) is 4.72. The van der Waals surface area contributed by atoms with Crippen LogP contribution in [0.3, 0.4) is 0 Å². The van der Waals surface area contributed by atoms with E-state index < -0.39 is 11.8 Å². The van der Waals surface area contributed by atoms with E-state index in [1.807, 2.05) is 0 Å². The van der Waals surface area contributed by atoms with Crippen LogP contribution in [0.5, 0.6) is 0 Å². The zero-order valence-corrected chi connectivity index (χ0v) is 11.2. The van der Waals surface area contributed by atoms with E-state index in [-0.39, 0.29) is 23.1 Å². The van der Waals surface area contributed by atoms with Gasteiger partial charge in [0.25, 0.3) is 0 Å². The summed E-state index contributed by atoms with van der Waals surface area (Å²) in [5.74, 6) is -1.56. The fourth-order valence-corrected chi connectivity index (χ4v) is 2.18. The Balaban J connectivity index is 2.11. The van der Waals surface area contributed by atoms with E-state index in [1.165, 1.54) is 19.2 Å². The SMILES string of the molecule is COC(=O)c1ccc(F)c(NC(=O)[C@@H]2CCCNC2)c1. The smallest absolute Gasteiger partial charge is 0.337 e. The van der Waals surface area contributed by atoms with Crippen molar-refractivity contribution in [2.45, 2.75) is 12.8 Å². The average Bonchev–Trinajstić information content (AvgIpc) is 2.49. The molecule has 1 aliphatic rings. The van der Waals surface area contributed by atoms with Crippen LogP contribution in [0.1, 0.15) is 23.2 Å². The summed E-state index contributed by atoms with van der Waals surface area (Å²) in [6, 6.07) is 3.75. The molecule has 0 unspecified atom stereocenters. The molecule has 0 bridgehead atoms. The molecule has 1 saturated heterocycles. The zero-order valence-electron chi connectivity index (χ0n) is 11.2. The highest BCUT2D eigenvalue weighted by atomic mass is 19.1. The monoisotopic (exact) mass is 280 g/mol. The molecule has 1 atom stereocenters. The molecule has 5 nitrogen and oxygen atoms in total. The first-order chi connectivity index (χ1) is 9.61. The third-order valence-corrected chi connectivity index (χ3v) is 3.31. The van der Waals surface area contributed by atoms with Crippen LogP contribution in [0.15, 0.2) is 18.2 Å². The summed E-state index contributed by atoms with van der Waals surface area (Å²) in [6.07, 6.45) is 1.69. The summed E-state index contributed by atoms with van der Waals surface area (Å²) in [5, 5.41) is 5.66. The van der Waals surface area contributed by atoms with Gasteiger partial charge in [-0.15, -0.1) is 0 Å². The van der Waals surface area contributed by atoms with E-state index in [9.17, 15) is 14.0 Å². The van der Waals surface area contributed by atoms with E-state index in [4.69, 9.17) is 0 Å². The van der Waals surface area contributed by atoms with Crippen molar-refractivity contribution in [1.82, 2.24) is 5.32 Å². The Labute approximate surface area is 116 Å². The molecule has 20 heavy (non-hydrogen) atoms. The maximum absolute atomic E-state index is 13.7. The number of esters is 1. The fourth-order valence-electron chi connectivity index (χ4n) is 2.18. The summed E-state index contributed by atoms with van der Waals surface area (Å²) >= 11 is 0. The summed E-state index contributed by atoms with van der Waals surface area (Å²) in [7, 11) is 1.25. The van der Waals surface area contributed by atoms with Gasteiger partial charge in [0.2, 0.25) is 5.91 Å². The van der Waals surface area contributed by atoms with Crippen LogP contribution in [0, 0.1) is 11.7 Å². The number of hydrogen-bond acceptors (Lipinski definition) is 4. The number of hydrogen-bond donors (Lipinski definition) is 2. The topological polar surface area (TPSA) is 67.4 Å². The van der Waals surface area contributed by atoms with Crippen LogP contribution in [-0.2, 0) is 9.53 Å². The first kappa shape index (κ1) is 14.5. The predicted molar refractivity (Wildman–Crippen MR) is 72.0 cm³/mol. The number of piperidine rings is 1. The Morgan fingerprint density at radius 3 is 2.90 bits per heavy atom. The quantitative estimate of drug-likeness (QED) is 0.824. The van der Waals surface area contributed by atoms with Gasteiger partial charge in [-0.05, 0) is 37.6 Å². The molecule has 0 aromatic heterocycles. The van der Waals surface area contributed by atoms with Crippen molar-refractivity contribution in [2.24, 2.45) is 5.92 Å². The Morgan fingerprint density at radius 2 is 2.25 bits per heavy atom. The Morgan fingerprint density at radius 1 is 1.45 bits per heavy atom. The van der Waals surface area contributed by atoms with Crippen molar-refractivity contribution >= 4 is 17.6 Å². The molecule has 1 fully saturated rings. The third kappa shape index (κ3) is 3.33. The van der Waals surface area contributed by atoms with Crippen LogP contribution in [-0.4, -0.2) is 32.1 Å². The molecule has 0 saturated carbocycles. The number of methoxy groups -OCH3 is 1. The molecule has 1 aliphatic heterocycles. The van der Waals surface area contributed by atoms with Crippen LogP contribution in [0.2, 0.25) is 0 Å². The maximum atomic E-state index is 13.7. The van der Waals surface area contributed by atoms with Gasteiger partial charge in [-0.2, -0.15) is 0 Å². The van der Waals surface area contributed by atoms with Gasteiger partial charge in [0.05, 0.1) is 24.3 Å². The fraction of sp³-hybridized carbons (Fsp3) is 0.429. The summed E-state index contributed by atoms with van der Waals surface area (Å²) in [5.41, 5.74) is 0.203. The van der Waals surface area contributed by atoms with E-state index in [0.29, 0.717) is 6.54 Å². The van der Waals surface area contributed by atoms with Gasteiger partial charge < -0.3 is 15.4 Å². The molecule has 0 spiro atoms. The number of ether oxygens (including phenoxy) is 1. The summed E-state index contributed by atoms with van der Waals surface area (Å²) in [6.45, 7) is 1.49. The lowest BCUT2D eigenvalue weighted by Gasteiger charge is -2.22. The number of halogens is 1. The highest BCUT2D eigenvalue weighted by molar-refractivity contribution is 5.95. The normalized spacial score (nSPS) is 18.4. The lowest BCUT2D eigenvalue weighted by atomic mass is 9.98. The second-order valence-corrected chi connectivity index (χ2v) is 4.72. The van der Waals surface area contributed by atoms with Gasteiger partial charge in [-0.3, -0.25) is 4.79 Å². The number of carbonyl (C=O) groups is 2. The molecule has 1 heterocycles. The first-order valence-electron chi connectivity index (χ1n) is 6.51. The number of amides is 1. The van der Waals surface area contributed by atoms with Gasteiger partial charge in [-0.1, -0.05) is 0 Å². The second kappa shape index (κ2) is 6.47. The van der Waals surface area contributed by atoms with Crippen molar-refractivity contribution in [3.8, 4) is 0 Å². The molecule has 108 valence electrons. The average molecular weight is 280 g/mol. The van der Waals surface area contributed by atoms with E-state index >= 15 is 0 Å². The van der Waals surface area contributed by atoms with Crippen molar-refractivity contribution in [3.63, 3.8) is 0 Å². The number of rotatable bonds is 3. The Bertz CT molecular complexity index is 513. The van der Waals surface area contributed by atoms with Crippen LogP contribution >= 0.6 is 0 Å². The van der Waals surface area contributed by atoms with Gasteiger partial charge in [0.1, 0.15) is 5.82 Å². The molecular formula is C14H17FN2O3. The summed E-state index contributed by atoms with van der Waals surface area (Å²) in [4.78, 5) is 23.4. The Kier molecular flexibility index (Phi) is 4.68. The molecule has 2 rings (SSSR count). The largest absolute Gasteiger partial charge is 0.465 e. The molecular weight excluding hydrogens is 263 g/mol. The van der Waals surface area contributed by atoms with Gasteiger partial charge in [0.15, 0.2) is 0 Å². The van der Waals surface area contributed by atoms with Crippen LogP contribution in [0.4, 0.5) is 10.1 Å². The lowest BCUT2D eigenvalue weighted by molar-refractivity contribution is -0.120.